The third-order valence-electron chi connectivity index (χ3n) is 4.35. The van der Waals surface area contributed by atoms with Gasteiger partial charge in [-0.3, -0.25) is 0 Å². The summed E-state index contributed by atoms with van der Waals surface area (Å²) >= 11 is 0. The molecule has 90 valence electrons. The fourth-order valence-corrected chi connectivity index (χ4v) is 3.37. The third kappa shape index (κ3) is 3.33. The van der Waals surface area contributed by atoms with Gasteiger partial charge >= 0.3 is 74.8 Å². The summed E-state index contributed by atoms with van der Waals surface area (Å²) in [4.78, 5) is 3.49. The van der Waals surface area contributed by atoms with Crippen molar-refractivity contribution < 1.29 is 83.7 Å². The van der Waals surface area contributed by atoms with Gasteiger partial charge in [0.25, 0.3) is 0 Å². The minimum absolute atomic E-state index is 0. The predicted molar refractivity (Wildman–Crippen MR) is 58.8 cm³/mol. The smallest absolute Gasteiger partial charge is 0.851 e. The first kappa shape index (κ1) is 14.9. The Bertz CT molecular complexity index is 295. The van der Waals surface area contributed by atoms with E-state index in [0.717, 1.165) is 31.6 Å². The van der Waals surface area contributed by atoms with E-state index in [1.54, 1.807) is 0 Å². The summed E-state index contributed by atoms with van der Waals surface area (Å²) in [5.74, 6) is 1.08. The van der Waals surface area contributed by atoms with Crippen LogP contribution in [0.1, 0.15) is 51.4 Å². The van der Waals surface area contributed by atoms with Gasteiger partial charge in [-0.2, -0.15) is 0 Å². The van der Waals surface area contributed by atoms with Crippen molar-refractivity contribution >= 4 is 5.90 Å². The van der Waals surface area contributed by atoms with Gasteiger partial charge < -0.3 is 9.84 Å². The molecule has 4 atom stereocenters. The number of rotatable bonds is 1. The van der Waals surface area contributed by atoms with Crippen LogP contribution in [0.4, 0.5) is 0 Å². The van der Waals surface area contributed by atoms with Crippen LogP contribution in [0.5, 0.6) is 0 Å². The zero-order chi connectivity index (χ0) is 11.0. The largest absolute Gasteiger partial charge is 1.00 e. The molecule has 17 heavy (non-hydrogen) atoms. The summed E-state index contributed by atoms with van der Waals surface area (Å²) in [6.07, 6.45) is 9.02. The van der Waals surface area contributed by atoms with Gasteiger partial charge in [-0.1, -0.05) is 19.3 Å². The topological polar surface area (TPSA) is 46.3 Å². The third-order valence-corrected chi connectivity index (χ3v) is 4.35. The molecule has 1 aliphatic heterocycles. The Balaban J connectivity index is 0.00000108. The quantitative estimate of drug-likeness (QED) is 0.536. The number of nitrogens with one attached hydrogen (secondary N) is 1. The second-order valence-electron chi connectivity index (χ2n) is 5.49. The van der Waals surface area contributed by atoms with Crippen LogP contribution in [0.15, 0.2) is 0 Å². The van der Waals surface area contributed by atoms with E-state index in [0.29, 0.717) is 12.1 Å². The molecule has 0 aromatic carbocycles. The van der Waals surface area contributed by atoms with Gasteiger partial charge in [-0.25, -0.2) is 4.99 Å². The van der Waals surface area contributed by atoms with E-state index in [9.17, 15) is 5.11 Å². The van der Waals surface area contributed by atoms with Crippen molar-refractivity contribution in [2.45, 2.75) is 69.6 Å². The van der Waals surface area contributed by atoms with Crippen LogP contribution in [0.25, 0.3) is 0 Å². The Hall–Kier alpha value is 1.48. The van der Waals surface area contributed by atoms with Gasteiger partial charge in [-0.05, 0) is 25.7 Å². The number of ether oxygens (including phenoxy) is 1. The van der Waals surface area contributed by atoms with Crippen LogP contribution >= 0.6 is 0 Å². The fraction of sp³-hybridized carbons (Fsp3) is 0.923. The van der Waals surface area contributed by atoms with Gasteiger partial charge in [0, 0.05) is 6.42 Å². The Morgan fingerprint density at radius 1 is 1.00 bits per heavy atom. The molecule has 3 nitrogen and oxygen atoms in total. The Morgan fingerprint density at radius 3 is 2.47 bits per heavy atom. The van der Waals surface area contributed by atoms with Crippen LogP contribution in [-0.4, -0.2) is 24.1 Å². The second-order valence-corrected chi connectivity index (χ2v) is 5.49. The van der Waals surface area contributed by atoms with E-state index in [4.69, 9.17) is 4.74 Å². The van der Waals surface area contributed by atoms with Crippen molar-refractivity contribution in [2.24, 2.45) is 5.92 Å². The van der Waals surface area contributed by atoms with Crippen LogP contribution in [0.2, 0.25) is 0 Å². The molecule has 0 aromatic rings. The van der Waals surface area contributed by atoms with E-state index in [1.807, 2.05) is 0 Å². The summed E-state index contributed by atoms with van der Waals surface area (Å²) < 4.78 is 5.98. The summed E-state index contributed by atoms with van der Waals surface area (Å²) in [5.41, 5.74) is 0. The van der Waals surface area contributed by atoms with Crippen molar-refractivity contribution in [3.63, 3.8) is 0 Å². The first-order valence-electron chi connectivity index (χ1n) is 6.80. The molecule has 2 fully saturated rings. The van der Waals surface area contributed by atoms with Crippen LogP contribution in [0, 0.1) is 5.92 Å². The zero-order valence-corrected chi connectivity index (χ0v) is 17.1. The maximum absolute atomic E-state index is 11.9. The molecule has 0 saturated heterocycles. The maximum atomic E-state index is 11.9. The molecule has 0 amide bonds. The average molecular weight is 356 g/mol. The number of fused-ring (bicyclic) bond motifs is 1. The number of hydrogen-bond donors (Lipinski definition) is 1. The fourth-order valence-electron chi connectivity index (χ4n) is 3.37. The molecule has 2 aliphatic carbocycles. The minimum atomic E-state index is -0.434. The molecule has 0 radical (unpaired) electrons. The molecule has 4 unspecified atom stereocenters. The van der Waals surface area contributed by atoms with Crippen molar-refractivity contribution in [3.05, 3.63) is 0 Å². The van der Waals surface area contributed by atoms with Gasteiger partial charge in [-0.15, -0.1) is 6.10 Å². The second kappa shape index (κ2) is 6.77. The first-order chi connectivity index (χ1) is 7.84. The minimum Gasteiger partial charge on any atom is -0.851 e. The van der Waals surface area contributed by atoms with E-state index in [2.05, 4.69) is 4.99 Å². The van der Waals surface area contributed by atoms with Gasteiger partial charge in [0.15, 0.2) is 12.1 Å². The van der Waals surface area contributed by atoms with Crippen LogP contribution in [-0.2, 0) is 4.74 Å². The molecule has 3 aliphatic rings. The molecule has 1 N–H and O–H groups in total. The van der Waals surface area contributed by atoms with E-state index in [-0.39, 0.29) is 74.8 Å². The maximum Gasteiger partial charge on any atom is 1.00 e. The van der Waals surface area contributed by atoms with Crippen molar-refractivity contribution in [2.75, 3.05) is 0 Å². The molecular formula is C13H21CsNO2+. The molecule has 0 bridgehead atoms. The molecule has 0 aromatic heterocycles. The Morgan fingerprint density at radius 2 is 1.71 bits per heavy atom. The van der Waals surface area contributed by atoms with Crippen LogP contribution in [0.3, 0.4) is 0 Å². The van der Waals surface area contributed by atoms with E-state index in [1.165, 1.54) is 25.7 Å². The standard InChI is InChI=1S/C13H20NO2.Cs/c15-11-7-3-1-5-9(11)13-14-10-6-2-4-8-12(10)16-13;/h9-12H,1-8H2;/q-1;+1/p+1. The van der Waals surface area contributed by atoms with Crippen molar-refractivity contribution in [1.29, 1.82) is 0 Å². The van der Waals surface area contributed by atoms with Crippen molar-refractivity contribution in [3.8, 4) is 0 Å². The molecule has 4 heteroatoms. The van der Waals surface area contributed by atoms with E-state index < -0.39 is 6.10 Å². The van der Waals surface area contributed by atoms with Gasteiger partial charge in [0.05, 0.1) is 5.92 Å². The Kier molecular flexibility index (Phi) is 5.93. The molecular weight excluding hydrogens is 335 g/mol. The average Bonchev–Trinajstić information content (AvgIpc) is 2.73. The molecule has 0 spiro atoms. The summed E-state index contributed by atoms with van der Waals surface area (Å²) in [6.45, 7) is 0. The summed E-state index contributed by atoms with van der Waals surface area (Å²) in [7, 11) is 0. The SMILES string of the molecule is [Cs+].[O-]C1CCCCC1C1=[NH+]C2CCCCC2O1. The summed E-state index contributed by atoms with van der Waals surface area (Å²) in [6, 6.07) is 0.498. The van der Waals surface area contributed by atoms with Crippen LogP contribution < -0.4 is 79.0 Å². The zero-order valence-electron chi connectivity index (χ0n) is 10.8. The van der Waals surface area contributed by atoms with Crippen molar-refractivity contribution in [1.82, 2.24) is 0 Å². The normalized spacial score (nSPS) is 40.9. The summed E-state index contributed by atoms with van der Waals surface area (Å²) in [5, 5.41) is 11.9. The Labute approximate surface area is 162 Å². The van der Waals surface area contributed by atoms with E-state index >= 15 is 0 Å². The molecule has 1 heterocycles. The van der Waals surface area contributed by atoms with Gasteiger partial charge in [0.2, 0.25) is 0 Å². The molecule has 3 rings (SSSR count). The van der Waals surface area contributed by atoms with Gasteiger partial charge in [0.1, 0.15) is 0 Å². The number of hydrogen-bond acceptors (Lipinski definition) is 2. The predicted octanol–water partition coefficient (Wildman–Crippen LogP) is -3.27. The monoisotopic (exact) mass is 356 g/mol. The molecule has 2 saturated carbocycles. The first-order valence-corrected chi connectivity index (χ1v) is 6.80.